The van der Waals surface area contributed by atoms with E-state index < -0.39 is 0 Å². The van der Waals surface area contributed by atoms with Crippen LogP contribution in [-0.4, -0.2) is 5.78 Å². The third-order valence-electron chi connectivity index (χ3n) is 4.65. The van der Waals surface area contributed by atoms with E-state index in [-0.39, 0.29) is 5.41 Å². The van der Waals surface area contributed by atoms with Crippen molar-refractivity contribution in [3.8, 4) is 0 Å². The number of fused-ring (bicyclic) bond motifs is 1. The summed E-state index contributed by atoms with van der Waals surface area (Å²) in [6.45, 7) is 8.87. The van der Waals surface area contributed by atoms with E-state index in [0.29, 0.717) is 29.5 Å². The van der Waals surface area contributed by atoms with Crippen LogP contribution in [0.4, 0.5) is 0 Å². The zero-order chi connectivity index (χ0) is 11.9. The Hall–Kier alpha value is -0.590. The second-order valence-electron chi connectivity index (χ2n) is 6.29. The number of Topliss-reactive ketones (excluding diaryl/α,β-unsaturated/α-hetero) is 1. The fourth-order valence-electron chi connectivity index (χ4n) is 3.82. The summed E-state index contributed by atoms with van der Waals surface area (Å²) in [6.07, 6.45) is 7.86. The molecule has 0 radical (unpaired) electrons. The van der Waals surface area contributed by atoms with Crippen molar-refractivity contribution in [3.63, 3.8) is 0 Å². The number of carbonyl (C=O) groups excluding carboxylic acids is 1. The van der Waals surface area contributed by atoms with E-state index >= 15 is 0 Å². The van der Waals surface area contributed by atoms with Crippen molar-refractivity contribution in [1.29, 1.82) is 0 Å². The third-order valence-corrected chi connectivity index (χ3v) is 4.65. The van der Waals surface area contributed by atoms with Crippen LogP contribution in [0.3, 0.4) is 0 Å². The van der Waals surface area contributed by atoms with Gasteiger partial charge in [0.2, 0.25) is 0 Å². The molecule has 0 bridgehead atoms. The summed E-state index contributed by atoms with van der Waals surface area (Å²) in [5.74, 6) is 2.55. The minimum Gasteiger partial charge on any atom is -0.299 e. The molecule has 1 nitrogen and oxygen atoms in total. The number of hydrogen-bond acceptors (Lipinski definition) is 1. The van der Waals surface area contributed by atoms with Crippen molar-refractivity contribution in [2.45, 2.75) is 47.0 Å². The third kappa shape index (κ3) is 1.48. The van der Waals surface area contributed by atoms with E-state index in [9.17, 15) is 4.79 Å². The Morgan fingerprint density at radius 2 is 2.06 bits per heavy atom. The average molecular weight is 220 g/mol. The van der Waals surface area contributed by atoms with Crippen molar-refractivity contribution in [2.75, 3.05) is 0 Å². The summed E-state index contributed by atoms with van der Waals surface area (Å²) in [5.41, 5.74) is 0.00824. The Morgan fingerprint density at radius 1 is 1.38 bits per heavy atom. The van der Waals surface area contributed by atoms with Crippen LogP contribution in [0.25, 0.3) is 0 Å². The maximum atomic E-state index is 12.5. The molecule has 0 heterocycles. The van der Waals surface area contributed by atoms with Gasteiger partial charge in [-0.1, -0.05) is 39.8 Å². The molecule has 0 saturated heterocycles. The highest BCUT2D eigenvalue weighted by Crippen LogP contribution is 2.59. The Kier molecular flexibility index (Phi) is 2.98. The molecule has 0 spiro atoms. The van der Waals surface area contributed by atoms with Crippen LogP contribution in [-0.2, 0) is 4.79 Å². The van der Waals surface area contributed by atoms with Crippen LogP contribution in [0.15, 0.2) is 12.2 Å². The van der Waals surface area contributed by atoms with Crippen LogP contribution >= 0.6 is 0 Å². The predicted octanol–water partition coefficient (Wildman–Crippen LogP) is 3.84. The minimum atomic E-state index is 0.00824. The van der Waals surface area contributed by atoms with Crippen molar-refractivity contribution in [2.24, 2.45) is 29.1 Å². The van der Waals surface area contributed by atoms with Gasteiger partial charge in [-0.2, -0.15) is 0 Å². The normalized spacial score (nSPS) is 37.8. The molecule has 1 fully saturated rings. The molecule has 2 aliphatic carbocycles. The SMILES string of the molecule is CC(C)CC1C(=O)C2(C(C)C)CCC=CC12. The first-order valence-electron chi connectivity index (χ1n) is 6.71. The van der Waals surface area contributed by atoms with Gasteiger partial charge < -0.3 is 0 Å². The summed E-state index contributed by atoms with van der Waals surface area (Å²) >= 11 is 0. The van der Waals surface area contributed by atoms with Gasteiger partial charge in [-0.05, 0) is 37.0 Å². The van der Waals surface area contributed by atoms with Gasteiger partial charge >= 0.3 is 0 Å². The van der Waals surface area contributed by atoms with Gasteiger partial charge in [0.25, 0.3) is 0 Å². The Balaban J connectivity index is 2.22. The van der Waals surface area contributed by atoms with Gasteiger partial charge in [-0.3, -0.25) is 4.79 Å². The fraction of sp³-hybridized carbons (Fsp3) is 0.800. The minimum absolute atomic E-state index is 0.00824. The topological polar surface area (TPSA) is 17.1 Å². The maximum Gasteiger partial charge on any atom is 0.143 e. The molecule has 90 valence electrons. The molecular formula is C15H24O. The van der Waals surface area contributed by atoms with Gasteiger partial charge in [0, 0.05) is 11.3 Å². The zero-order valence-corrected chi connectivity index (χ0v) is 11.0. The molecule has 16 heavy (non-hydrogen) atoms. The summed E-state index contributed by atoms with van der Waals surface area (Å²) in [4.78, 5) is 12.5. The summed E-state index contributed by atoms with van der Waals surface area (Å²) < 4.78 is 0. The largest absolute Gasteiger partial charge is 0.299 e. The lowest BCUT2D eigenvalue weighted by Crippen LogP contribution is -2.60. The molecule has 2 aliphatic rings. The number of carbonyl (C=O) groups is 1. The zero-order valence-electron chi connectivity index (χ0n) is 11.0. The van der Waals surface area contributed by atoms with Gasteiger partial charge in [-0.15, -0.1) is 0 Å². The van der Waals surface area contributed by atoms with Crippen molar-refractivity contribution in [3.05, 3.63) is 12.2 Å². The summed E-state index contributed by atoms with van der Waals surface area (Å²) in [6, 6.07) is 0. The van der Waals surface area contributed by atoms with Gasteiger partial charge in [0.05, 0.1) is 0 Å². The van der Waals surface area contributed by atoms with E-state index in [1.54, 1.807) is 0 Å². The van der Waals surface area contributed by atoms with Crippen LogP contribution in [0.2, 0.25) is 0 Å². The first kappa shape index (κ1) is 11.9. The molecule has 1 heteroatoms. The summed E-state index contributed by atoms with van der Waals surface area (Å²) in [5, 5.41) is 0. The lowest BCUT2D eigenvalue weighted by Gasteiger charge is -2.57. The first-order chi connectivity index (χ1) is 7.50. The molecule has 0 aromatic carbocycles. The van der Waals surface area contributed by atoms with E-state index in [1.165, 1.54) is 0 Å². The molecule has 3 unspecified atom stereocenters. The lowest BCUT2D eigenvalue weighted by atomic mass is 9.44. The second-order valence-corrected chi connectivity index (χ2v) is 6.29. The Bertz CT molecular complexity index is 313. The van der Waals surface area contributed by atoms with E-state index in [0.717, 1.165) is 19.3 Å². The smallest absolute Gasteiger partial charge is 0.143 e. The van der Waals surface area contributed by atoms with Gasteiger partial charge in [-0.25, -0.2) is 0 Å². The monoisotopic (exact) mass is 220 g/mol. The van der Waals surface area contributed by atoms with Crippen LogP contribution in [0, 0.1) is 29.1 Å². The molecule has 0 aromatic rings. The van der Waals surface area contributed by atoms with Crippen LogP contribution in [0.5, 0.6) is 0 Å². The summed E-state index contributed by atoms with van der Waals surface area (Å²) in [7, 11) is 0. The van der Waals surface area contributed by atoms with E-state index in [4.69, 9.17) is 0 Å². The standard InChI is InChI=1S/C15H24O/c1-10(2)9-12-13-7-5-6-8-15(13,11(3)4)14(12)16/h5,7,10-13H,6,8-9H2,1-4H3. The highest BCUT2D eigenvalue weighted by atomic mass is 16.1. The second kappa shape index (κ2) is 4.01. The maximum absolute atomic E-state index is 12.5. The van der Waals surface area contributed by atoms with Crippen LogP contribution < -0.4 is 0 Å². The predicted molar refractivity (Wildman–Crippen MR) is 67.1 cm³/mol. The van der Waals surface area contributed by atoms with Gasteiger partial charge in [0.1, 0.15) is 5.78 Å². The van der Waals surface area contributed by atoms with Crippen molar-refractivity contribution in [1.82, 2.24) is 0 Å². The first-order valence-corrected chi connectivity index (χ1v) is 6.71. The number of ketones is 1. The highest BCUT2D eigenvalue weighted by Gasteiger charge is 2.61. The van der Waals surface area contributed by atoms with Crippen LogP contribution in [0.1, 0.15) is 47.0 Å². The lowest BCUT2D eigenvalue weighted by molar-refractivity contribution is -0.162. The highest BCUT2D eigenvalue weighted by molar-refractivity contribution is 5.95. The molecule has 3 atom stereocenters. The van der Waals surface area contributed by atoms with Crippen molar-refractivity contribution < 1.29 is 4.79 Å². The Morgan fingerprint density at radius 3 is 2.62 bits per heavy atom. The molecule has 0 aromatic heterocycles. The fourth-order valence-corrected chi connectivity index (χ4v) is 3.82. The average Bonchev–Trinajstić information content (AvgIpc) is 2.24. The molecule has 2 rings (SSSR count). The molecular weight excluding hydrogens is 196 g/mol. The van der Waals surface area contributed by atoms with E-state index in [2.05, 4.69) is 39.8 Å². The molecule has 0 aliphatic heterocycles. The quantitative estimate of drug-likeness (QED) is 0.660. The van der Waals surface area contributed by atoms with Crippen molar-refractivity contribution >= 4 is 5.78 Å². The number of hydrogen-bond donors (Lipinski definition) is 0. The number of allylic oxidation sites excluding steroid dienone is 2. The van der Waals surface area contributed by atoms with E-state index in [1.807, 2.05) is 0 Å². The van der Waals surface area contributed by atoms with Gasteiger partial charge in [0.15, 0.2) is 0 Å². The molecule has 0 amide bonds. The molecule has 1 saturated carbocycles. The number of rotatable bonds is 3. The molecule has 0 N–H and O–H groups in total. The Labute approximate surface area is 99.3 Å².